The van der Waals surface area contributed by atoms with Crippen LogP contribution >= 0.6 is 0 Å². The van der Waals surface area contributed by atoms with Gasteiger partial charge in [0.1, 0.15) is 5.76 Å². The Morgan fingerprint density at radius 2 is 2.20 bits per heavy atom. The quantitative estimate of drug-likeness (QED) is 0.823. The van der Waals surface area contributed by atoms with Gasteiger partial charge in [-0.15, -0.1) is 0 Å². The molecule has 15 heavy (non-hydrogen) atoms. The van der Waals surface area contributed by atoms with Crippen molar-refractivity contribution in [3.63, 3.8) is 0 Å². The van der Waals surface area contributed by atoms with Gasteiger partial charge in [-0.2, -0.15) is 0 Å². The van der Waals surface area contributed by atoms with E-state index in [-0.39, 0.29) is 11.0 Å². The first-order valence-electron chi connectivity index (χ1n) is 5.47. The van der Waals surface area contributed by atoms with E-state index >= 15 is 0 Å². The lowest BCUT2D eigenvalue weighted by atomic mass is 9.79. The number of hydrogen-bond donors (Lipinski definition) is 1. The third-order valence-electron chi connectivity index (χ3n) is 3.64. The minimum Gasteiger partial charge on any atom is -0.465 e. The number of furan rings is 1. The van der Waals surface area contributed by atoms with Crippen molar-refractivity contribution >= 4 is 6.08 Å². The molecule has 1 saturated carbocycles. The van der Waals surface area contributed by atoms with Crippen LogP contribution in [0.2, 0.25) is 0 Å². The molecule has 0 bridgehead atoms. The summed E-state index contributed by atoms with van der Waals surface area (Å²) in [5.41, 5.74) is 7.63. The first-order chi connectivity index (χ1) is 6.96. The van der Waals surface area contributed by atoms with Gasteiger partial charge in [-0.05, 0) is 51.8 Å². The molecule has 0 saturated heterocycles. The van der Waals surface area contributed by atoms with Crippen LogP contribution < -0.4 is 5.73 Å². The van der Waals surface area contributed by atoms with Crippen molar-refractivity contribution in [1.82, 2.24) is 0 Å². The third kappa shape index (κ3) is 1.74. The Balaban J connectivity index is 2.25. The van der Waals surface area contributed by atoms with Gasteiger partial charge in [0.25, 0.3) is 0 Å². The highest BCUT2D eigenvalue weighted by atomic mass is 16.3. The van der Waals surface area contributed by atoms with Gasteiger partial charge in [-0.1, -0.05) is 5.57 Å². The molecule has 0 spiro atoms. The second kappa shape index (κ2) is 3.24. The molecule has 0 amide bonds. The Hall–Kier alpha value is -1.02. The van der Waals surface area contributed by atoms with E-state index in [1.165, 1.54) is 18.4 Å². The van der Waals surface area contributed by atoms with E-state index in [1.54, 1.807) is 6.26 Å². The summed E-state index contributed by atoms with van der Waals surface area (Å²) in [5, 5.41) is 0. The summed E-state index contributed by atoms with van der Waals surface area (Å²) < 4.78 is 5.32. The summed E-state index contributed by atoms with van der Waals surface area (Å²) in [5.74, 6) is 0.919. The van der Waals surface area contributed by atoms with E-state index < -0.39 is 0 Å². The normalized spacial score (nSPS) is 20.4. The average Bonchev–Trinajstić information content (AvgIpc) is 2.81. The smallest absolute Gasteiger partial charge is 0.126 e. The molecule has 0 radical (unpaired) electrons. The standard InChI is InChI=1S/C13H19NO/c1-10(9-11-5-4-8-15-11)13(6-7-13)12(2,3)14/h4-5,8-9H,6-7,14H2,1-3H3/b10-9+. The van der Waals surface area contributed by atoms with Crippen LogP contribution in [0.1, 0.15) is 39.4 Å². The highest BCUT2D eigenvalue weighted by molar-refractivity contribution is 5.51. The maximum atomic E-state index is 6.23. The Morgan fingerprint density at radius 1 is 1.53 bits per heavy atom. The molecule has 2 nitrogen and oxygen atoms in total. The molecule has 0 atom stereocenters. The van der Waals surface area contributed by atoms with Crippen LogP contribution in [0.25, 0.3) is 6.08 Å². The molecule has 2 rings (SSSR count). The van der Waals surface area contributed by atoms with Crippen molar-refractivity contribution in [1.29, 1.82) is 0 Å². The van der Waals surface area contributed by atoms with Crippen molar-refractivity contribution in [3.8, 4) is 0 Å². The fourth-order valence-corrected chi connectivity index (χ4v) is 2.40. The minimum atomic E-state index is -0.139. The Morgan fingerprint density at radius 3 is 2.60 bits per heavy atom. The van der Waals surface area contributed by atoms with Gasteiger partial charge < -0.3 is 10.2 Å². The zero-order valence-corrected chi connectivity index (χ0v) is 9.71. The highest BCUT2D eigenvalue weighted by Crippen LogP contribution is 2.58. The Labute approximate surface area is 91.2 Å². The van der Waals surface area contributed by atoms with E-state index in [9.17, 15) is 0 Å². The van der Waals surface area contributed by atoms with Crippen molar-refractivity contribution in [2.24, 2.45) is 11.1 Å². The van der Waals surface area contributed by atoms with E-state index in [0.29, 0.717) is 0 Å². The van der Waals surface area contributed by atoms with Gasteiger partial charge in [0.05, 0.1) is 6.26 Å². The maximum absolute atomic E-state index is 6.23. The average molecular weight is 205 g/mol. The van der Waals surface area contributed by atoms with Crippen LogP contribution in [-0.4, -0.2) is 5.54 Å². The van der Waals surface area contributed by atoms with Gasteiger partial charge in [0.2, 0.25) is 0 Å². The molecule has 0 aliphatic heterocycles. The molecular weight excluding hydrogens is 186 g/mol. The van der Waals surface area contributed by atoms with Crippen molar-refractivity contribution in [3.05, 3.63) is 29.7 Å². The number of hydrogen-bond acceptors (Lipinski definition) is 2. The molecule has 2 N–H and O–H groups in total. The van der Waals surface area contributed by atoms with E-state index in [2.05, 4.69) is 26.8 Å². The van der Waals surface area contributed by atoms with Crippen LogP contribution in [0, 0.1) is 5.41 Å². The van der Waals surface area contributed by atoms with Crippen LogP contribution in [0.4, 0.5) is 0 Å². The summed E-state index contributed by atoms with van der Waals surface area (Å²) in [6, 6.07) is 3.88. The van der Waals surface area contributed by atoms with Crippen LogP contribution in [-0.2, 0) is 0 Å². The highest BCUT2D eigenvalue weighted by Gasteiger charge is 2.53. The fourth-order valence-electron chi connectivity index (χ4n) is 2.40. The van der Waals surface area contributed by atoms with Gasteiger partial charge in [0, 0.05) is 11.0 Å². The van der Waals surface area contributed by atoms with Gasteiger partial charge in [-0.25, -0.2) is 0 Å². The largest absolute Gasteiger partial charge is 0.465 e. The molecule has 82 valence electrons. The second-order valence-corrected chi connectivity index (χ2v) is 5.15. The van der Waals surface area contributed by atoms with E-state index in [1.807, 2.05) is 12.1 Å². The van der Waals surface area contributed by atoms with Gasteiger partial charge >= 0.3 is 0 Å². The fraction of sp³-hybridized carbons (Fsp3) is 0.538. The maximum Gasteiger partial charge on any atom is 0.126 e. The molecular formula is C13H19NO. The number of nitrogens with two attached hydrogens (primary N) is 1. The SMILES string of the molecule is C/C(=C\c1ccco1)C1(C(C)(C)N)CC1. The first kappa shape index (κ1) is 10.5. The minimum absolute atomic E-state index is 0.139. The third-order valence-corrected chi connectivity index (χ3v) is 3.64. The monoisotopic (exact) mass is 205 g/mol. The van der Waals surface area contributed by atoms with E-state index in [4.69, 9.17) is 10.2 Å². The molecule has 1 fully saturated rings. The van der Waals surface area contributed by atoms with Crippen molar-refractivity contribution in [2.75, 3.05) is 0 Å². The van der Waals surface area contributed by atoms with Crippen LogP contribution in [0.15, 0.2) is 28.4 Å². The number of rotatable bonds is 3. The lowest BCUT2D eigenvalue weighted by Gasteiger charge is -2.31. The topological polar surface area (TPSA) is 39.2 Å². The van der Waals surface area contributed by atoms with Crippen molar-refractivity contribution < 1.29 is 4.42 Å². The molecule has 0 unspecified atom stereocenters. The summed E-state index contributed by atoms with van der Waals surface area (Å²) in [6.45, 7) is 6.38. The predicted octanol–water partition coefficient (Wildman–Crippen LogP) is 3.20. The Kier molecular flexibility index (Phi) is 2.27. The van der Waals surface area contributed by atoms with E-state index in [0.717, 1.165) is 5.76 Å². The summed E-state index contributed by atoms with van der Waals surface area (Å²) >= 11 is 0. The van der Waals surface area contributed by atoms with Crippen LogP contribution in [0.3, 0.4) is 0 Å². The second-order valence-electron chi connectivity index (χ2n) is 5.15. The van der Waals surface area contributed by atoms with Gasteiger partial charge in [-0.3, -0.25) is 0 Å². The summed E-state index contributed by atoms with van der Waals surface area (Å²) in [7, 11) is 0. The lowest BCUT2D eigenvalue weighted by molar-refractivity contribution is 0.345. The zero-order chi connectivity index (χ0) is 11.1. The lowest BCUT2D eigenvalue weighted by Crippen LogP contribution is -2.43. The summed E-state index contributed by atoms with van der Waals surface area (Å²) in [4.78, 5) is 0. The Bertz CT molecular complexity index is 364. The zero-order valence-electron chi connectivity index (χ0n) is 9.71. The molecule has 0 aromatic carbocycles. The van der Waals surface area contributed by atoms with Crippen LogP contribution in [0.5, 0.6) is 0 Å². The van der Waals surface area contributed by atoms with Crippen molar-refractivity contribution in [2.45, 2.75) is 39.2 Å². The molecule has 2 heteroatoms. The summed E-state index contributed by atoms with van der Waals surface area (Å²) in [6.07, 6.45) is 6.20. The molecule has 1 heterocycles. The van der Waals surface area contributed by atoms with Gasteiger partial charge in [0.15, 0.2) is 0 Å². The molecule has 1 aliphatic rings. The molecule has 1 aromatic rings. The predicted molar refractivity (Wildman–Crippen MR) is 62.3 cm³/mol. The molecule has 1 aliphatic carbocycles. The molecule has 1 aromatic heterocycles. The first-order valence-corrected chi connectivity index (χ1v) is 5.47.